The van der Waals surface area contributed by atoms with Gasteiger partial charge in [0.1, 0.15) is 0 Å². The third kappa shape index (κ3) is 4.43. The van der Waals surface area contributed by atoms with E-state index in [4.69, 9.17) is 0 Å². The van der Waals surface area contributed by atoms with E-state index in [0.29, 0.717) is 5.56 Å². The van der Waals surface area contributed by atoms with Gasteiger partial charge in [-0.2, -0.15) is 10.4 Å². The molecular formula is C18H17BrN4O. The van der Waals surface area contributed by atoms with Gasteiger partial charge in [-0.05, 0) is 39.2 Å². The van der Waals surface area contributed by atoms with Gasteiger partial charge in [-0.15, -0.1) is 0 Å². The fourth-order valence-electron chi connectivity index (χ4n) is 2.13. The van der Waals surface area contributed by atoms with Gasteiger partial charge in [0.15, 0.2) is 5.92 Å². The zero-order valence-corrected chi connectivity index (χ0v) is 15.0. The standard InChI is InChI=1S/C18H17BrN4O/c1-23(2)17-9-8-13(10-16(17)19)12-21-22-18(24)15(11-20)14-6-4-3-5-7-14/h3-10,12,15H,1-2H3,(H,22,24)/b21-12-/t15-/m0/s1. The minimum Gasteiger partial charge on any atom is -0.377 e. The van der Waals surface area contributed by atoms with Crippen LogP contribution in [0.1, 0.15) is 17.0 Å². The number of carbonyl (C=O) groups is 1. The number of hydrazone groups is 1. The maximum absolute atomic E-state index is 12.1. The van der Waals surface area contributed by atoms with E-state index in [9.17, 15) is 10.1 Å². The van der Waals surface area contributed by atoms with Crippen LogP contribution in [0.4, 0.5) is 5.69 Å². The van der Waals surface area contributed by atoms with E-state index in [1.165, 1.54) is 0 Å². The van der Waals surface area contributed by atoms with Gasteiger partial charge in [-0.1, -0.05) is 36.4 Å². The molecule has 6 heteroatoms. The molecule has 0 spiro atoms. The minimum atomic E-state index is -0.883. The Morgan fingerprint density at radius 2 is 2.00 bits per heavy atom. The Labute approximate surface area is 149 Å². The summed E-state index contributed by atoms with van der Waals surface area (Å²) in [6.45, 7) is 0. The zero-order chi connectivity index (χ0) is 17.5. The van der Waals surface area contributed by atoms with Crippen LogP contribution >= 0.6 is 15.9 Å². The van der Waals surface area contributed by atoms with Crippen LogP contribution in [-0.2, 0) is 4.79 Å². The second-order valence-electron chi connectivity index (χ2n) is 5.31. The van der Waals surface area contributed by atoms with E-state index < -0.39 is 11.8 Å². The Bertz CT molecular complexity index is 781. The number of anilines is 1. The molecule has 0 fully saturated rings. The van der Waals surface area contributed by atoms with Crippen molar-refractivity contribution in [2.24, 2.45) is 5.10 Å². The van der Waals surface area contributed by atoms with Crippen molar-refractivity contribution >= 4 is 33.7 Å². The zero-order valence-electron chi connectivity index (χ0n) is 13.4. The summed E-state index contributed by atoms with van der Waals surface area (Å²) in [6.07, 6.45) is 1.54. The van der Waals surface area contributed by atoms with Gasteiger partial charge >= 0.3 is 0 Å². The first-order valence-corrected chi connectivity index (χ1v) is 8.06. The van der Waals surface area contributed by atoms with Gasteiger partial charge in [-0.25, -0.2) is 5.43 Å². The lowest BCUT2D eigenvalue weighted by Gasteiger charge is -2.14. The molecule has 0 radical (unpaired) electrons. The van der Waals surface area contributed by atoms with E-state index in [1.807, 2.05) is 49.3 Å². The molecule has 0 aliphatic rings. The van der Waals surface area contributed by atoms with Crippen molar-refractivity contribution < 1.29 is 4.79 Å². The summed E-state index contributed by atoms with van der Waals surface area (Å²) in [4.78, 5) is 14.1. The third-order valence-electron chi connectivity index (χ3n) is 3.37. The van der Waals surface area contributed by atoms with Gasteiger partial charge in [0.2, 0.25) is 0 Å². The molecule has 1 N–H and O–H groups in total. The highest BCUT2D eigenvalue weighted by Gasteiger charge is 2.19. The molecule has 122 valence electrons. The Hall–Kier alpha value is -2.65. The van der Waals surface area contributed by atoms with Crippen molar-refractivity contribution in [3.63, 3.8) is 0 Å². The molecule has 0 saturated carbocycles. The average Bonchev–Trinajstić information content (AvgIpc) is 2.56. The highest BCUT2D eigenvalue weighted by Crippen LogP contribution is 2.25. The number of hydrogen-bond donors (Lipinski definition) is 1. The molecule has 0 unspecified atom stereocenters. The Kier molecular flexibility index (Phi) is 6.10. The molecular weight excluding hydrogens is 368 g/mol. The fraction of sp³-hybridized carbons (Fsp3) is 0.167. The number of nitrogens with zero attached hydrogens (tertiary/aromatic N) is 3. The van der Waals surface area contributed by atoms with Crippen LogP contribution in [0.25, 0.3) is 0 Å². The number of rotatable bonds is 5. The third-order valence-corrected chi connectivity index (χ3v) is 4.00. The molecule has 1 amide bonds. The van der Waals surface area contributed by atoms with Crippen molar-refractivity contribution in [1.29, 1.82) is 5.26 Å². The molecule has 1 atom stereocenters. The molecule has 2 aromatic carbocycles. The van der Waals surface area contributed by atoms with Crippen LogP contribution in [0.5, 0.6) is 0 Å². The van der Waals surface area contributed by atoms with Crippen LogP contribution in [0.2, 0.25) is 0 Å². The van der Waals surface area contributed by atoms with Gasteiger partial charge in [0, 0.05) is 18.6 Å². The number of benzene rings is 2. The molecule has 0 saturated heterocycles. The van der Waals surface area contributed by atoms with Crippen molar-refractivity contribution in [3.8, 4) is 6.07 Å². The van der Waals surface area contributed by atoms with E-state index in [2.05, 4.69) is 26.5 Å². The topological polar surface area (TPSA) is 68.5 Å². The number of carbonyl (C=O) groups excluding carboxylic acids is 1. The SMILES string of the molecule is CN(C)c1ccc(/C=N\NC(=O)[C@@H](C#N)c2ccccc2)cc1Br. The summed E-state index contributed by atoms with van der Waals surface area (Å²) in [5.41, 5.74) is 4.94. The predicted octanol–water partition coefficient (Wildman–Crippen LogP) is 3.27. The van der Waals surface area contributed by atoms with Crippen LogP contribution < -0.4 is 10.3 Å². The Morgan fingerprint density at radius 3 is 2.58 bits per heavy atom. The summed E-state index contributed by atoms with van der Waals surface area (Å²) in [6, 6.07) is 16.7. The molecule has 0 aliphatic heterocycles. The minimum absolute atomic E-state index is 0.455. The van der Waals surface area contributed by atoms with E-state index in [-0.39, 0.29) is 0 Å². The summed E-state index contributed by atoms with van der Waals surface area (Å²) in [5, 5.41) is 13.2. The fourth-order valence-corrected chi connectivity index (χ4v) is 2.88. The maximum atomic E-state index is 12.1. The maximum Gasteiger partial charge on any atom is 0.261 e. The normalized spacial score (nSPS) is 11.8. The highest BCUT2D eigenvalue weighted by atomic mass is 79.9. The van der Waals surface area contributed by atoms with Gasteiger partial charge in [0.05, 0.1) is 18.0 Å². The summed E-state index contributed by atoms with van der Waals surface area (Å²) >= 11 is 3.50. The van der Waals surface area contributed by atoms with Crippen molar-refractivity contribution in [1.82, 2.24) is 5.43 Å². The lowest BCUT2D eigenvalue weighted by atomic mass is 10.0. The van der Waals surface area contributed by atoms with Crippen LogP contribution in [0.3, 0.4) is 0 Å². The first kappa shape index (κ1) is 17.7. The van der Waals surface area contributed by atoms with Crippen LogP contribution in [0.15, 0.2) is 58.1 Å². The average molecular weight is 385 g/mol. The van der Waals surface area contributed by atoms with E-state index >= 15 is 0 Å². The quantitative estimate of drug-likeness (QED) is 0.635. The second kappa shape index (κ2) is 8.27. The van der Waals surface area contributed by atoms with Crippen molar-refractivity contribution in [2.45, 2.75) is 5.92 Å². The number of amides is 1. The predicted molar refractivity (Wildman–Crippen MR) is 99.0 cm³/mol. The lowest BCUT2D eigenvalue weighted by molar-refractivity contribution is -0.121. The van der Waals surface area contributed by atoms with Gasteiger partial charge < -0.3 is 4.90 Å². The molecule has 2 rings (SSSR count). The van der Waals surface area contributed by atoms with E-state index in [1.54, 1.807) is 30.5 Å². The molecule has 0 aliphatic carbocycles. The molecule has 2 aromatic rings. The number of nitrogens with one attached hydrogen (secondary N) is 1. The molecule has 24 heavy (non-hydrogen) atoms. The van der Waals surface area contributed by atoms with Crippen LogP contribution in [0, 0.1) is 11.3 Å². The first-order valence-electron chi connectivity index (χ1n) is 7.27. The lowest BCUT2D eigenvalue weighted by Crippen LogP contribution is -2.24. The van der Waals surface area contributed by atoms with Crippen molar-refractivity contribution in [2.75, 3.05) is 19.0 Å². The summed E-state index contributed by atoms with van der Waals surface area (Å²) < 4.78 is 0.932. The van der Waals surface area contributed by atoms with E-state index in [0.717, 1.165) is 15.7 Å². The number of halogens is 1. The summed E-state index contributed by atoms with van der Waals surface area (Å²) in [7, 11) is 3.92. The summed E-state index contributed by atoms with van der Waals surface area (Å²) in [5.74, 6) is -1.34. The monoisotopic (exact) mass is 384 g/mol. The molecule has 0 bridgehead atoms. The van der Waals surface area contributed by atoms with Gasteiger partial charge in [0.25, 0.3) is 5.91 Å². The van der Waals surface area contributed by atoms with Crippen LogP contribution in [-0.4, -0.2) is 26.2 Å². The Balaban J connectivity index is 2.04. The molecule has 0 heterocycles. The first-order chi connectivity index (χ1) is 11.5. The number of nitriles is 1. The van der Waals surface area contributed by atoms with Crippen molar-refractivity contribution in [3.05, 3.63) is 64.1 Å². The molecule has 0 aromatic heterocycles. The second-order valence-corrected chi connectivity index (χ2v) is 6.17. The highest BCUT2D eigenvalue weighted by molar-refractivity contribution is 9.10. The smallest absolute Gasteiger partial charge is 0.261 e. The molecule has 5 nitrogen and oxygen atoms in total. The largest absolute Gasteiger partial charge is 0.377 e. The van der Waals surface area contributed by atoms with Gasteiger partial charge in [-0.3, -0.25) is 4.79 Å². The Morgan fingerprint density at radius 1 is 1.29 bits per heavy atom. The number of hydrogen-bond acceptors (Lipinski definition) is 4.